The van der Waals surface area contributed by atoms with E-state index < -0.39 is 10.0 Å². The molecule has 2 amide bonds. The van der Waals surface area contributed by atoms with E-state index in [1.807, 2.05) is 0 Å². The number of hydrogen-bond acceptors (Lipinski definition) is 4. The van der Waals surface area contributed by atoms with Crippen LogP contribution in [0.15, 0.2) is 54.5 Å². The third-order valence-electron chi connectivity index (χ3n) is 4.39. The summed E-state index contributed by atoms with van der Waals surface area (Å²) in [7, 11) is -3.73. The zero-order valence-corrected chi connectivity index (χ0v) is 16.3. The molecular weight excluding hydrogens is 366 g/mol. The van der Waals surface area contributed by atoms with E-state index in [0.717, 1.165) is 0 Å². The first-order valence-electron chi connectivity index (χ1n) is 8.68. The fourth-order valence-electron chi connectivity index (χ4n) is 2.92. The highest BCUT2D eigenvalue weighted by Gasteiger charge is 2.29. The van der Waals surface area contributed by atoms with Gasteiger partial charge >= 0.3 is 0 Å². The highest BCUT2D eigenvalue weighted by atomic mass is 32.2. The monoisotopic (exact) mass is 391 g/mol. The summed E-state index contributed by atoms with van der Waals surface area (Å²) in [5.41, 5.74) is 0.294. The summed E-state index contributed by atoms with van der Waals surface area (Å²) in [5, 5.41) is 0. The van der Waals surface area contributed by atoms with Crippen molar-refractivity contribution in [1.29, 1.82) is 0 Å². The Bertz CT molecular complexity index is 817. The van der Waals surface area contributed by atoms with Gasteiger partial charge in [0.25, 0.3) is 5.91 Å². The molecule has 1 aromatic rings. The lowest BCUT2D eigenvalue weighted by Gasteiger charge is -2.33. The summed E-state index contributed by atoms with van der Waals surface area (Å²) < 4.78 is 27.2. The van der Waals surface area contributed by atoms with Gasteiger partial charge in [-0.1, -0.05) is 18.2 Å². The fourth-order valence-corrected chi connectivity index (χ4v) is 4.39. The van der Waals surface area contributed by atoms with Crippen LogP contribution in [0.2, 0.25) is 0 Å². The molecule has 1 aliphatic heterocycles. The van der Waals surface area contributed by atoms with Crippen LogP contribution in [0, 0.1) is 0 Å². The van der Waals surface area contributed by atoms with Crippen molar-refractivity contribution in [2.75, 3.05) is 39.3 Å². The van der Waals surface area contributed by atoms with Crippen LogP contribution in [0.25, 0.3) is 0 Å². The van der Waals surface area contributed by atoms with Gasteiger partial charge in [0.1, 0.15) is 0 Å². The van der Waals surface area contributed by atoms with Crippen LogP contribution in [-0.4, -0.2) is 73.6 Å². The van der Waals surface area contributed by atoms with Crippen molar-refractivity contribution >= 4 is 21.8 Å². The molecule has 0 saturated carbocycles. The van der Waals surface area contributed by atoms with E-state index in [0.29, 0.717) is 31.7 Å². The molecule has 1 fully saturated rings. The number of carbonyl (C=O) groups is 2. The van der Waals surface area contributed by atoms with Gasteiger partial charge in [-0.05, 0) is 18.2 Å². The number of carbonyl (C=O) groups excluding carboxylic acids is 2. The van der Waals surface area contributed by atoms with E-state index in [1.165, 1.54) is 28.3 Å². The molecular formula is C19H25N3O4S. The Hall–Kier alpha value is -2.45. The summed E-state index contributed by atoms with van der Waals surface area (Å²) in [4.78, 5) is 27.3. The van der Waals surface area contributed by atoms with Crippen molar-refractivity contribution in [3.05, 3.63) is 55.1 Å². The van der Waals surface area contributed by atoms with Crippen molar-refractivity contribution in [2.45, 2.75) is 11.8 Å². The molecule has 7 nitrogen and oxygen atoms in total. The van der Waals surface area contributed by atoms with Gasteiger partial charge in [-0.15, -0.1) is 13.2 Å². The zero-order chi connectivity index (χ0) is 20.0. The van der Waals surface area contributed by atoms with Gasteiger partial charge in [0.2, 0.25) is 15.9 Å². The second-order valence-electron chi connectivity index (χ2n) is 6.23. The molecule has 0 bridgehead atoms. The molecule has 8 heteroatoms. The predicted octanol–water partition coefficient (Wildman–Crippen LogP) is 1.35. The minimum atomic E-state index is -3.73. The molecule has 1 aromatic carbocycles. The van der Waals surface area contributed by atoms with Crippen LogP contribution in [0.4, 0.5) is 0 Å². The average Bonchev–Trinajstić information content (AvgIpc) is 2.67. The molecule has 1 saturated heterocycles. The molecule has 0 N–H and O–H groups in total. The van der Waals surface area contributed by atoms with Crippen molar-refractivity contribution in [2.24, 2.45) is 0 Å². The molecule has 0 aromatic heterocycles. The Morgan fingerprint density at radius 1 is 1.11 bits per heavy atom. The number of sulfonamides is 1. The fraction of sp³-hybridized carbons (Fsp3) is 0.368. The lowest BCUT2D eigenvalue weighted by atomic mass is 10.2. The number of nitrogens with zero attached hydrogens (tertiary/aromatic N) is 3. The lowest BCUT2D eigenvalue weighted by Crippen LogP contribution is -2.49. The molecule has 0 spiro atoms. The molecule has 0 aliphatic carbocycles. The minimum absolute atomic E-state index is 0.0656. The van der Waals surface area contributed by atoms with Crippen molar-refractivity contribution in [3.63, 3.8) is 0 Å². The number of hydrogen-bond donors (Lipinski definition) is 0. The average molecular weight is 391 g/mol. The van der Waals surface area contributed by atoms with Gasteiger partial charge in [0.15, 0.2) is 0 Å². The van der Waals surface area contributed by atoms with Crippen LogP contribution in [0.1, 0.15) is 17.3 Å². The standard InChI is InChI=1S/C19H25N3O4S/c1-4-9-21(10-5-2)19(24)17-7-6-8-18(15-17)27(25,26)22-13-11-20(12-14-22)16(3)23/h4-8,15H,1-2,9-14H2,3H3. The minimum Gasteiger partial charge on any atom is -0.340 e. The van der Waals surface area contributed by atoms with Gasteiger partial charge in [-0.25, -0.2) is 8.42 Å². The van der Waals surface area contributed by atoms with Crippen LogP contribution >= 0.6 is 0 Å². The topological polar surface area (TPSA) is 78.0 Å². The van der Waals surface area contributed by atoms with Crippen LogP contribution < -0.4 is 0 Å². The predicted molar refractivity (Wildman–Crippen MR) is 104 cm³/mol. The third kappa shape index (κ3) is 4.84. The molecule has 146 valence electrons. The maximum absolute atomic E-state index is 12.9. The number of piperazine rings is 1. The number of benzene rings is 1. The van der Waals surface area contributed by atoms with E-state index in [1.54, 1.807) is 29.2 Å². The molecule has 0 unspecified atom stereocenters. The van der Waals surface area contributed by atoms with Gasteiger partial charge in [-0.2, -0.15) is 4.31 Å². The second kappa shape index (κ2) is 8.96. The van der Waals surface area contributed by atoms with E-state index in [4.69, 9.17) is 0 Å². The Morgan fingerprint density at radius 3 is 2.22 bits per heavy atom. The van der Waals surface area contributed by atoms with Crippen molar-refractivity contribution in [3.8, 4) is 0 Å². The first-order chi connectivity index (χ1) is 12.8. The Morgan fingerprint density at radius 2 is 1.70 bits per heavy atom. The van der Waals surface area contributed by atoms with E-state index in [9.17, 15) is 18.0 Å². The lowest BCUT2D eigenvalue weighted by molar-refractivity contribution is -0.129. The molecule has 0 atom stereocenters. The largest absolute Gasteiger partial charge is 0.340 e. The van der Waals surface area contributed by atoms with Crippen LogP contribution in [0.5, 0.6) is 0 Å². The van der Waals surface area contributed by atoms with Crippen LogP contribution in [-0.2, 0) is 14.8 Å². The summed E-state index contributed by atoms with van der Waals surface area (Å²) in [6.07, 6.45) is 3.22. The zero-order valence-electron chi connectivity index (χ0n) is 15.5. The highest BCUT2D eigenvalue weighted by molar-refractivity contribution is 7.89. The quantitative estimate of drug-likeness (QED) is 0.658. The second-order valence-corrected chi connectivity index (χ2v) is 8.16. The SMILES string of the molecule is C=CCN(CC=C)C(=O)c1cccc(S(=O)(=O)N2CCN(C(C)=O)CC2)c1. The van der Waals surface area contributed by atoms with Gasteiger partial charge in [-0.3, -0.25) is 9.59 Å². The molecule has 1 heterocycles. The van der Waals surface area contributed by atoms with Crippen molar-refractivity contribution in [1.82, 2.24) is 14.1 Å². The summed E-state index contributed by atoms with van der Waals surface area (Å²) in [5.74, 6) is -0.350. The molecule has 0 radical (unpaired) electrons. The Balaban J connectivity index is 2.23. The first-order valence-corrected chi connectivity index (χ1v) is 10.1. The van der Waals surface area contributed by atoms with E-state index >= 15 is 0 Å². The Labute approximate surface area is 160 Å². The van der Waals surface area contributed by atoms with Gasteiger partial charge in [0.05, 0.1) is 4.90 Å². The molecule has 1 aliphatic rings. The highest BCUT2D eigenvalue weighted by Crippen LogP contribution is 2.20. The molecule has 27 heavy (non-hydrogen) atoms. The first kappa shape index (κ1) is 20.9. The summed E-state index contributed by atoms with van der Waals surface area (Å²) >= 11 is 0. The normalized spacial score (nSPS) is 15.2. The van der Waals surface area contributed by atoms with Gasteiger partial charge in [0, 0.05) is 51.8 Å². The third-order valence-corrected chi connectivity index (χ3v) is 6.28. The number of rotatable bonds is 7. The van der Waals surface area contributed by atoms with Crippen LogP contribution in [0.3, 0.4) is 0 Å². The van der Waals surface area contributed by atoms with E-state index in [2.05, 4.69) is 13.2 Å². The van der Waals surface area contributed by atoms with Gasteiger partial charge < -0.3 is 9.80 Å². The maximum atomic E-state index is 12.9. The molecule has 2 rings (SSSR count). The Kier molecular flexibility index (Phi) is 6.92. The smallest absolute Gasteiger partial charge is 0.254 e. The summed E-state index contributed by atoms with van der Waals surface area (Å²) in [6, 6.07) is 6.03. The van der Waals surface area contributed by atoms with Crippen molar-refractivity contribution < 1.29 is 18.0 Å². The maximum Gasteiger partial charge on any atom is 0.254 e. The summed E-state index contributed by atoms with van der Waals surface area (Å²) in [6.45, 7) is 10.6. The number of amides is 2. The van der Waals surface area contributed by atoms with E-state index in [-0.39, 0.29) is 29.8 Å².